The van der Waals surface area contributed by atoms with Gasteiger partial charge in [-0.2, -0.15) is 0 Å². The summed E-state index contributed by atoms with van der Waals surface area (Å²) in [5, 5.41) is 0.850. The molecule has 2 aromatic carbocycles. The van der Waals surface area contributed by atoms with Crippen LogP contribution >= 0.6 is 39.1 Å². The SMILES string of the molecule is O=C(COc1ccc(Cl)c(Cl)c1)c1ccc(Br)cc1. The smallest absolute Gasteiger partial charge is 0.200 e. The number of rotatable bonds is 4. The summed E-state index contributed by atoms with van der Waals surface area (Å²) in [4.78, 5) is 11.9. The van der Waals surface area contributed by atoms with Crippen LogP contribution in [0.25, 0.3) is 0 Å². The van der Waals surface area contributed by atoms with Crippen LogP contribution < -0.4 is 4.74 Å². The third kappa shape index (κ3) is 3.96. The zero-order valence-corrected chi connectivity index (χ0v) is 12.8. The lowest BCUT2D eigenvalue weighted by atomic mass is 10.1. The second-order valence-electron chi connectivity index (χ2n) is 3.79. The maximum Gasteiger partial charge on any atom is 0.200 e. The number of hydrogen-bond acceptors (Lipinski definition) is 2. The van der Waals surface area contributed by atoms with Crippen molar-refractivity contribution in [2.45, 2.75) is 0 Å². The highest BCUT2D eigenvalue weighted by atomic mass is 79.9. The largest absolute Gasteiger partial charge is 0.485 e. The van der Waals surface area contributed by atoms with E-state index in [1.54, 1.807) is 30.3 Å². The summed E-state index contributed by atoms with van der Waals surface area (Å²) in [7, 11) is 0. The molecule has 0 N–H and O–H groups in total. The number of Topliss-reactive ketones (excluding diaryl/α,β-unsaturated/α-hetero) is 1. The highest BCUT2D eigenvalue weighted by Gasteiger charge is 2.07. The van der Waals surface area contributed by atoms with Crippen LogP contribution in [0.4, 0.5) is 0 Å². The highest BCUT2D eigenvalue weighted by molar-refractivity contribution is 9.10. The molecule has 0 bridgehead atoms. The van der Waals surface area contributed by atoms with Crippen molar-refractivity contribution in [3.8, 4) is 5.75 Å². The van der Waals surface area contributed by atoms with E-state index in [2.05, 4.69) is 15.9 Å². The molecule has 0 fully saturated rings. The minimum Gasteiger partial charge on any atom is -0.485 e. The Morgan fingerprint density at radius 1 is 1.05 bits per heavy atom. The van der Waals surface area contributed by atoms with E-state index in [1.807, 2.05) is 12.1 Å². The van der Waals surface area contributed by atoms with Crippen molar-refractivity contribution >= 4 is 44.9 Å². The van der Waals surface area contributed by atoms with Crippen molar-refractivity contribution in [3.05, 3.63) is 62.5 Å². The summed E-state index contributed by atoms with van der Waals surface area (Å²) in [5.74, 6) is 0.415. The van der Waals surface area contributed by atoms with E-state index < -0.39 is 0 Å². The molecule has 0 spiro atoms. The lowest BCUT2D eigenvalue weighted by molar-refractivity contribution is 0.0921. The molecule has 0 heterocycles. The second-order valence-corrected chi connectivity index (χ2v) is 5.52. The summed E-state index contributed by atoms with van der Waals surface area (Å²) in [6, 6.07) is 12.0. The molecule has 5 heteroatoms. The molecule has 0 unspecified atom stereocenters. The Kier molecular flexibility index (Phi) is 4.86. The number of ether oxygens (including phenoxy) is 1. The first-order valence-corrected chi connectivity index (χ1v) is 6.98. The predicted octanol–water partition coefficient (Wildman–Crippen LogP) is 5.02. The summed E-state index contributed by atoms with van der Waals surface area (Å²) < 4.78 is 6.31. The first-order valence-electron chi connectivity index (χ1n) is 5.43. The lowest BCUT2D eigenvalue weighted by Crippen LogP contribution is -2.11. The lowest BCUT2D eigenvalue weighted by Gasteiger charge is -2.06. The molecule has 19 heavy (non-hydrogen) atoms. The van der Waals surface area contributed by atoms with Gasteiger partial charge in [-0.05, 0) is 24.3 Å². The fourth-order valence-corrected chi connectivity index (χ4v) is 1.99. The number of carbonyl (C=O) groups is 1. The molecule has 0 atom stereocenters. The Balaban J connectivity index is 2.00. The molecule has 2 nitrogen and oxygen atoms in total. The van der Waals surface area contributed by atoms with Gasteiger partial charge in [-0.3, -0.25) is 4.79 Å². The quantitative estimate of drug-likeness (QED) is 0.716. The predicted molar refractivity (Wildman–Crippen MR) is 80.4 cm³/mol. The van der Waals surface area contributed by atoms with Gasteiger partial charge in [-0.25, -0.2) is 0 Å². The van der Waals surface area contributed by atoms with Gasteiger partial charge in [0.2, 0.25) is 0 Å². The average Bonchev–Trinajstić information content (AvgIpc) is 2.40. The van der Waals surface area contributed by atoms with Gasteiger partial charge < -0.3 is 4.74 Å². The van der Waals surface area contributed by atoms with E-state index in [-0.39, 0.29) is 12.4 Å². The summed E-state index contributed by atoms with van der Waals surface area (Å²) in [5.41, 5.74) is 0.600. The van der Waals surface area contributed by atoms with Crippen LogP contribution in [0.5, 0.6) is 5.75 Å². The minimum absolute atomic E-state index is 0.0421. The fourth-order valence-electron chi connectivity index (χ4n) is 1.43. The Morgan fingerprint density at radius 2 is 1.74 bits per heavy atom. The van der Waals surface area contributed by atoms with Gasteiger partial charge in [0.15, 0.2) is 12.4 Å². The van der Waals surface area contributed by atoms with Gasteiger partial charge in [-0.15, -0.1) is 0 Å². The average molecular weight is 360 g/mol. The van der Waals surface area contributed by atoms with Crippen molar-refractivity contribution in [2.24, 2.45) is 0 Å². The molecular formula is C14H9BrCl2O2. The van der Waals surface area contributed by atoms with Gasteiger partial charge in [0.05, 0.1) is 10.0 Å². The Bertz CT molecular complexity index is 597. The Morgan fingerprint density at radius 3 is 2.37 bits per heavy atom. The third-order valence-electron chi connectivity index (χ3n) is 2.43. The molecule has 0 aliphatic carbocycles. The second kappa shape index (κ2) is 6.42. The molecule has 0 aliphatic heterocycles. The number of halogens is 3. The third-order valence-corrected chi connectivity index (χ3v) is 3.69. The van der Waals surface area contributed by atoms with Crippen molar-refractivity contribution in [3.63, 3.8) is 0 Å². The number of ketones is 1. The van der Waals surface area contributed by atoms with Gasteiger partial charge >= 0.3 is 0 Å². The highest BCUT2D eigenvalue weighted by Crippen LogP contribution is 2.26. The zero-order chi connectivity index (χ0) is 13.8. The van der Waals surface area contributed by atoms with Crippen LogP contribution in [-0.2, 0) is 0 Å². The molecule has 0 amide bonds. The molecule has 0 saturated heterocycles. The van der Waals surface area contributed by atoms with Gasteiger partial charge in [0.1, 0.15) is 5.75 Å². The van der Waals surface area contributed by atoms with Gasteiger partial charge in [0.25, 0.3) is 0 Å². The van der Waals surface area contributed by atoms with Crippen LogP contribution in [-0.4, -0.2) is 12.4 Å². The molecule has 0 saturated carbocycles. The molecule has 0 aromatic heterocycles. The fraction of sp³-hybridized carbons (Fsp3) is 0.0714. The number of hydrogen-bond donors (Lipinski definition) is 0. The summed E-state index contributed by atoms with van der Waals surface area (Å²) >= 11 is 15.0. The molecular weight excluding hydrogens is 351 g/mol. The first-order chi connectivity index (χ1) is 9.06. The van der Waals surface area contributed by atoms with Gasteiger partial charge in [0, 0.05) is 16.1 Å². The molecule has 98 valence electrons. The van der Waals surface area contributed by atoms with Crippen LogP contribution in [0, 0.1) is 0 Å². The van der Waals surface area contributed by atoms with Crippen LogP contribution in [0.15, 0.2) is 46.9 Å². The maximum absolute atomic E-state index is 11.9. The normalized spacial score (nSPS) is 10.3. The Hall–Kier alpha value is -1.03. The monoisotopic (exact) mass is 358 g/mol. The van der Waals surface area contributed by atoms with Crippen LogP contribution in [0.1, 0.15) is 10.4 Å². The first kappa shape index (κ1) is 14.4. The van der Waals surface area contributed by atoms with E-state index >= 15 is 0 Å². The zero-order valence-electron chi connectivity index (χ0n) is 9.70. The van der Waals surface area contributed by atoms with E-state index in [1.165, 1.54) is 0 Å². The van der Waals surface area contributed by atoms with Crippen molar-refractivity contribution in [1.29, 1.82) is 0 Å². The number of benzene rings is 2. The summed E-state index contributed by atoms with van der Waals surface area (Å²) in [6.07, 6.45) is 0. The summed E-state index contributed by atoms with van der Waals surface area (Å²) in [6.45, 7) is -0.0421. The van der Waals surface area contributed by atoms with Crippen molar-refractivity contribution in [2.75, 3.05) is 6.61 Å². The van der Waals surface area contributed by atoms with E-state index in [4.69, 9.17) is 27.9 Å². The number of carbonyl (C=O) groups excluding carboxylic acids is 1. The minimum atomic E-state index is -0.0985. The maximum atomic E-state index is 11.9. The van der Waals surface area contributed by atoms with E-state index in [0.29, 0.717) is 21.4 Å². The molecule has 0 aliphatic rings. The molecule has 2 rings (SSSR count). The standard InChI is InChI=1S/C14H9BrCl2O2/c15-10-3-1-9(2-4-10)14(18)8-19-11-5-6-12(16)13(17)7-11/h1-7H,8H2. The Labute approximate surface area is 129 Å². The van der Waals surface area contributed by atoms with E-state index in [9.17, 15) is 4.79 Å². The molecule has 0 radical (unpaired) electrons. The van der Waals surface area contributed by atoms with Crippen LogP contribution in [0.3, 0.4) is 0 Å². The van der Waals surface area contributed by atoms with Gasteiger partial charge in [-0.1, -0.05) is 51.3 Å². The van der Waals surface area contributed by atoms with E-state index in [0.717, 1.165) is 4.47 Å². The van der Waals surface area contributed by atoms with Crippen molar-refractivity contribution < 1.29 is 9.53 Å². The topological polar surface area (TPSA) is 26.3 Å². The molecule has 2 aromatic rings. The van der Waals surface area contributed by atoms with Crippen LogP contribution in [0.2, 0.25) is 10.0 Å². The van der Waals surface area contributed by atoms with Crippen molar-refractivity contribution in [1.82, 2.24) is 0 Å².